The van der Waals surface area contributed by atoms with Crippen molar-refractivity contribution in [3.8, 4) is 0 Å². The van der Waals surface area contributed by atoms with Crippen LogP contribution < -0.4 is 10.9 Å². The van der Waals surface area contributed by atoms with Crippen molar-refractivity contribution in [2.75, 3.05) is 6.61 Å². The second kappa shape index (κ2) is 6.84. The standard InChI is InChI=1S/C18H23N3O4/c1-18(2,3)25-17(23)19-10-14-12-7-6-11(15-5-4-8-24-15)9-13(12)16(22)21-20-14/h6-7,9,15H,4-5,8,10H2,1-3H3,(H,19,23)(H,21,22). The zero-order chi connectivity index (χ0) is 18.0. The number of ether oxygens (including phenoxy) is 2. The van der Waals surface area contributed by atoms with Gasteiger partial charge in [-0.15, -0.1) is 0 Å². The summed E-state index contributed by atoms with van der Waals surface area (Å²) in [6, 6.07) is 5.67. The molecule has 2 aromatic rings. The monoisotopic (exact) mass is 345 g/mol. The van der Waals surface area contributed by atoms with Gasteiger partial charge in [0, 0.05) is 12.0 Å². The summed E-state index contributed by atoms with van der Waals surface area (Å²) in [7, 11) is 0. The van der Waals surface area contributed by atoms with Gasteiger partial charge >= 0.3 is 6.09 Å². The van der Waals surface area contributed by atoms with Gasteiger partial charge in [0.2, 0.25) is 0 Å². The predicted octanol–water partition coefficient (Wildman–Crippen LogP) is 2.80. The maximum absolute atomic E-state index is 12.2. The van der Waals surface area contributed by atoms with E-state index in [1.165, 1.54) is 0 Å². The van der Waals surface area contributed by atoms with Crippen LogP contribution >= 0.6 is 0 Å². The summed E-state index contributed by atoms with van der Waals surface area (Å²) in [6.45, 7) is 6.31. The Kier molecular flexibility index (Phi) is 4.76. The first-order valence-electron chi connectivity index (χ1n) is 8.43. The van der Waals surface area contributed by atoms with E-state index in [1.807, 2.05) is 18.2 Å². The van der Waals surface area contributed by atoms with Crippen molar-refractivity contribution in [2.45, 2.75) is 51.9 Å². The van der Waals surface area contributed by atoms with Gasteiger partial charge in [-0.3, -0.25) is 4.79 Å². The molecule has 0 saturated carbocycles. The van der Waals surface area contributed by atoms with Crippen molar-refractivity contribution < 1.29 is 14.3 Å². The molecule has 0 aliphatic carbocycles. The van der Waals surface area contributed by atoms with Crippen molar-refractivity contribution in [1.82, 2.24) is 15.5 Å². The van der Waals surface area contributed by atoms with E-state index < -0.39 is 11.7 Å². The zero-order valence-corrected chi connectivity index (χ0v) is 14.7. The highest BCUT2D eigenvalue weighted by Crippen LogP contribution is 2.30. The fraction of sp³-hybridized carbons (Fsp3) is 0.500. The van der Waals surface area contributed by atoms with Gasteiger partial charge in [0.25, 0.3) is 5.56 Å². The number of carbonyl (C=O) groups is 1. The maximum Gasteiger partial charge on any atom is 0.407 e. The molecule has 1 saturated heterocycles. The van der Waals surface area contributed by atoms with Gasteiger partial charge in [-0.1, -0.05) is 12.1 Å². The van der Waals surface area contributed by atoms with Crippen molar-refractivity contribution >= 4 is 16.9 Å². The van der Waals surface area contributed by atoms with Crippen LogP contribution in [0.25, 0.3) is 10.8 Å². The number of rotatable bonds is 3. The first-order valence-corrected chi connectivity index (χ1v) is 8.43. The van der Waals surface area contributed by atoms with Gasteiger partial charge in [-0.05, 0) is 45.2 Å². The van der Waals surface area contributed by atoms with E-state index in [1.54, 1.807) is 20.8 Å². The minimum absolute atomic E-state index is 0.0419. The third-order valence-electron chi connectivity index (χ3n) is 3.99. The summed E-state index contributed by atoms with van der Waals surface area (Å²) < 4.78 is 10.9. The Labute approximate surface area is 145 Å². The number of carbonyl (C=O) groups excluding carboxylic acids is 1. The van der Waals surface area contributed by atoms with E-state index >= 15 is 0 Å². The number of H-pyrrole nitrogens is 1. The van der Waals surface area contributed by atoms with Gasteiger partial charge in [-0.2, -0.15) is 5.10 Å². The molecule has 2 heterocycles. The molecule has 2 N–H and O–H groups in total. The maximum atomic E-state index is 12.2. The molecule has 1 fully saturated rings. The normalized spacial score (nSPS) is 17.6. The molecule has 1 aromatic heterocycles. The van der Waals surface area contributed by atoms with Crippen LogP contribution in [0, 0.1) is 0 Å². The summed E-state index contributed by atoms with van der Waals surface area (Å²) in [5, 5.41) is 10.5. The molecule has 134 valence electrons. The number of fused-ring (bicyclic) bond motifs is 1. The number of benzene rings is 1. The Morgan fingerprint density at radius 3 is 2.88 bits per heavy atom. The van der Waals surface area contributed by atoms with Crippen molar-refractivity contribution in [3.63, 3.8) is 0 Å². The van der Waals surface area contributed by atoms with Crippen LogP contribution in [0.2, 0.25) is 0 Å². The smallest absolute Gasteiger partial charge is 0.407 e. The third kappa shape index (κ3) is 4.17. The largest absolute Gasteiger partial charge is 0.444 e. The van der Waals surface area contributed by atoms with Crippen LogP contribution in [-0.4, -0.2) is 28.5 Å². The van der Waals surface area contributed by atoms with Gasteiger partial charge in [0.05, 0.1) is 23.7 Å². The lowest BCUT2D eigenvalue weighted by molar-refractivity contribution is 0.0523. The number of hydrogen-bond acceptors (Lipinski definition) is 5. The highest BCUT2D eigenvalue weighted by Gasteiger charge is 2.20. The molecule has 1 aliphatic rings. The number of alkyl carbamates (subject to hydrolysis) is 1. The Bertz CT molecular complexity index is 832. The first kappa shape index (κ1) is 17.4. The highest BCUT2D eigenvalue weighted by molar-refractivity contribution is 5.84. The molecule has 3 rings (SSSR count). The molecule has 7 heteroatoms. The van der Waals surface area contributed by atoms with Gasteiger partial charge < -0.3 is 14.8 Å². The van der Waals surface area contributed by atoms with Gasteiger partial charge in [0.1, 0.15) is 5.60 Å². The van der Waals surface area contributed by atoms with Crippen molar-refractivity contribution in [3.05, 3.63) is 39.8 Å². The molecule has 25 heavy (non-hydrogen) atoms. The van der Waals surface area contributed by atoms with Crippen LogP contribution in [0.3, 0.4) is 0 Å². The van der Waals surface area contributed by atoms with Gasteiger partial charge in [-0.25, -0.2) is 9.89 Å². The summed E-state index contributed by atoms with van der Waals surface area (Å²) in [5.74, 6) is 0. The topological polar surface area (TPSA) is 93.3 Å². The quantitative estimate of drug-likeness (QED) is 0.892. The lowest BCUT2D eigenvalue weighted by Gasteiger charge is -2.19. The summed E-state index contributed by atoms with van der Waals surface area (Å²) >= 11 is 0. The molecule has 0 spiro atoms. The Hall–Kier alpha value is -2.41. The second-order valence-corrected chi connectivity index (χ2v) is 7.16. The minimum Gasteiger partial charge on any atom is -0.444 e. The van der Waals surface area contributed by atoms with Crippen LogP contribution in [0.15, 0.2) is 23.0 Å². The van der Waals surface area contributed by atoms with Crippen LogP contribution in [0.5, 0.6) is 0 Å². The van der Waals surface area contributed by atoms with E-state index in [0.717, 1.165) is 25.0 Å². The number of nitrogens with zero attached hydrogens (tertiary/aromatic N) is 1. The Balaban J connectivity index is 1.83. The van der Waals surface area contributed by atoms with E-state index in [0.29, 0.717) is 16.5 Å². The predicted molar refractivity (Wildman–Crippen MR) is 93.4 cm³/mol. The Morgan fingerprint density at radius 1 is 1.40 bits per heavy atom. The molecule has 1 aromatic carbocycles. The van der Waals surface area contributed by atoms with E-state index in [-0.39, 0.29) is 18.2 Å². The van der Waals surface area contributed by atoms with Crippen molar-refractivity contribution in [2.24, 2.45) is 0 Å². The van der Waals surface area contributed by atoms with Gasteiger partial charge in [0.15, 0.2) is 0 Å². The molecule has 1 atom stereocenters. The molecular formula is C18H23N3O4. The SMILES string of the molecule is CC(C)(C)OC(=O)NCc1n[nH]c(=O)c2cc(C3CCCO3)ccc12. The molecular weight excluding hydrogens is 322 g/mol. The summed E-state index contributed by atoms with van der Waals surface area (Å²) in [4.78, 5) is 24.0. The van der Waals surface area contributed by atoms with Crippen molar-refractivity contribution in [1.29, 1.82) is 0 Å². The fourth-order valence-corrected chi connectivity index (χ4v) is 2.89. The molecule has 0 radical (unpaired) electrons. The summed E-state index contributed by atoms with van der Waals surface area (Å²) in [6.07, 6.45) is 1.51. The zero-order valence-electron chi connectivity index (χ0n) is 14.7. The molecule has 1 aliphatic heterocycles. The van der Waals surface area contributed by atoms with Crippen LogP contribution in [0.4, 0.5) is 4.79 Å². The third-order valence-corrected chi connectivity index (χ3v) is 3.99. The molecule has 0 bridgehead atoms. The van der Waals surface area contributed by atoms with Crippen LogP contribution in [0.1, 0.15) is 51.0 Å². The average Bonchev–Trinajstić information content (AvgIpc) is 3.07. The lowest BCUT2D eigenvalue weighted by atomic mass is 10.0. The van der Waals surface area contributed by atoms with E-state index in [2.05, 4.69) is 15.5 Å². The minimum atomic E-state index is -0.569. The van der Waals surface area contributed by atoms with Crippen LogP contribution in [-0.2, 0) is 16.0 Å². The fourth-order valence-electron chi connectivity index (χ4n) is 2.89. The number of amides is 1. The molecule has 1 unspecified atom stereocenters. The number of hydrogen-bond donors (Lipinski definition) is 2. The number of aromatic nitrogens is 2. The molecule has 7 nitrogen and oxygen atoms in total. The van der Waals surface area contributed by atoms with E-state index in [4.69, 9.17) is 9.47 Å². The summed E-state index contributed by atoms with van der Waals surface area (Å²) in [5.41, 5.74) is 0.754. The number of nitrogens with one attached hydrogen (secondary N) is 2. The lowest BCUT2D eigenvalue weighted by Crippen LogP contribution is -2.32. The first-order chi connectivity index (χ1) is 11.8. The van der Waals surface area contributed by atoms with E-state index in [9.17, 15) is 9.59 Å². The average molecular weight is 345 g/mol. The second-order valence-electron chi connectivity index (χ2n) is 7.16. The highest BCUT2D eigenvalue weighted by atomic mass is 16.6. The number of aromatic amines is 1. The Morgan fingerprint density at radius 2 is 2.20 bits per heavy atom. The molecule has 1 amide bonds.